The summed E-state index contributed by atoms with van der Waals surface area (Å²) in [5, 5.41) is 2.95. The monoisotopic (exact) mass is 234 g/mol. The van der Waals surface area contributed by atoms with Crippen LogP contribution in [0.1, 0.15) is 43.0 Å². The zero-order valence-electron chi connectivity index (χ0n) is 10.1. The maximum absolute atomic E-state index is 11.5. The van der Waals surface area contributed by atoms with Gasteiger partial charge < -0.3 is 9.88 Å². The van der Waals surface area contributed by atoms with E-state index in [1.165, 1.54) is 0 Å². The van der Waals surface area contributed by atoms with Gasteiger partial charge in [-0.15, -0.1) is 0 Å². The molecular formula is C13H18N2O2. The molecule has 1 heterocycles. The number of hydrogen-bond acceptors (Lipinski definition) is 2. The van der Waals surface area contributed by atoms with Crippen molar-refractivity contribution in [3.05, 3.63) is 24.0 Å². The molecule has 1 aromatic heterocycles. The molecule has 1 fully saturated rings. The number of amides is 1. The molecule has 0 unspecified atom stereocenters. The second kappa shape index (κ2) is 5.17. The van der Waals surface area contributed by atoms with Crippen LogP contribution in [0.15, 0.2) is 18.5 Å². The highest BCUT2D eigenvalue weighted by atomic mass is 16.1. The first-order valence-electron chi connectivity index (χ1n) is 6.17. The first-order chi connectivity index (χ1) is 8.19. The highest BCUT2D eigenvalue weighted by molar-refractivity contribution is 5.95. The fraction of sp³-hybridized carbons (Fsp3) is 0.538. The number of Topliss-reactive ketones (excluding diaryl/α,β-unsaturated/α-hetero) is 1. The summed E-state index contributed by atoms with van der Waals surface area (Å²) in [5.41, 5.74) is 0.732. The van der Waals surface area contributed by atoms with Crippen LogP contribution in [0.5, 0.6) is 0 Å². The summed E-state index contributed by atoms with van der Waals surface area (Å²) in [5.74, 6) is 0.246. The third-order valence-electron chi connectivity index (χ3n) is 2.93. The molecular weight excluding hydrogens is 216 g/mol. The lowest BCUT2D eigenvalue weighted by molar-refractivity contribution is -0.121. The maximum Gasteiger partial charge on any atom is 0.222 e. The number of carbonyl (C=O) groups is 2. The van der Waals surface area contributed by atoms with Crippen LogP contribution in [0, 0.1) is 0 Å². The van der Waals surface area contributed by atoms with Gasteiger partial charge in [0, 0.05) is 43.4 Å². The van der Waals surface area contributed by atoms with Crippen molar-refractivity contribution in [2.75, 3.05) is 0 Å². The summed E-state index contributed by atoms with van der Waals surface area (Å²) < 4.78 is 1.90. The highest BCUT2D eigenvalue weighted by Crippen LogP contribution is 2.18. The van der Waals surface area contributed by atoms with E-state index in [1.807, 2.05) is 30.0 Å². The van der Waals surface area contributed by atoms with Gasteiger partial charge in [-0.25, -0.2) is 0 Å². The molecule has 1 amide bonds. The molecule has 0 radical (unpaired) electrons. The van der Waals surface area contributed by atoms with Gasteiger partial charge in [0.25, 0.3) is 0 Å². The molecule has 0 aromatic carbocycles. The Labute approximate surface area is 101 Å². The number of hydrogen-bond donors (Lipinski definition) is 1. The van der Waals surface area contributed by atoms with Gasteiger partial charge in [0.2, 0.25) is 5.91 Å². The Balaban J connectivity index is 1.79. The number of aromatic nitrogens is 1. The van der Waals surface area contributed by atoms with Gasteiger partial charge in [-0.3, -0.25) is 9.59 Å². The quantitative estimate of drug-likeness (QED) is 0.762. The van der Waals surface area contributed by atoms with Crippen molar-refractivity contribution < 1.29 is 9.59 Å². The number of ketones is 1. The predicted octanol–water partition coefficient (Wildman–Crippen LogP) is 1.75. The van der Waals surface area contributed by atoms with Crippen molar-refractivity contribution in [2.45, 2.75) is 45.2 Å². The molecule has 1 aromatic rings. The molecule has 1 aliphatic carbocycles. The Kier molecular flexibility index (Phi) is 3.61. The van der Waals surface area contributed by atoms with E-state index in [-0.39, 0.29) is 11.7 Å². The third-order valence-corrected chi connectivity index (χ3v) is 2.93. The summed E-state index contributed by atoms with van der Waals surface area (Å²) in [7, 11) is 0. The molecule has 92 valence electrons. The van der Waals surface area contributed by atoms with Gasteiger partial charge in [-0.05, 0) is 18.9 Å². The Morgan fingerprint density at radius 2 is 2.24 bits per heavy atom. The lowest BCUT2D eigenvalue weighted by Crippen LogP contribution is -2.26. The minimum absolute atomic E-state index is 0.101. The van der Waals surface area contributed by atoms with E-state index in [9.17, 15) is 9.59 Å². The van der Waals surface area contributed by atoms with E-state index in [0.717, 1.165) is 18.4 Å². The molecule has 0 saturated heterocycles. The number of nitrogens with one attached hydrogen (secondary N) is 1. The Morgan fingerprint density at radius 1 is 1.47 bits per heavy atom. The summed E-state index contributed by atoms with van der Waals surface area (Å²) in [6.45, 7) is 2.48. The first kappa shape index (κ1) is 11.9. The molecule has 1 N–H and O–H groups in total. The van der Waals surface area contributed by atoms with Gasteiger partial charge in [-0.1, -0.05) is 6.92 Å². The van der Waals surface area contributed by atoms with Gasteiger partial charge in [0.1, 0.15) is 0 Å². The molecule has 0 aliphatic heterocycles. The zero-order chi connectivity index (χ0) is 12.3. The lowest BCUT2D eigenvalue weighted by atomic mass is 10.2. The van der Waals surface area contributed by atoms with Crippen molar-refractivity contribution in [1.82, 2.24) is 9.88 Å². The van der Waals surface area contributed by atoms with Crippen LogP contribution in [0.2, 0.25) is 0 Å². The molecule has 17 heavy (non-hydrogen) atoms. The summed E-state index contributed by atoms with van der Waals surface area (Å²) >= 11 is 0. The van der Waals surface area contributed by atoms with Crippen molar-refractivity contribution in [3.63, 3.8) is 0 Å². The lowest BCUT2D eigenvalue weighted by Gasteiger charge is -2.04. The number of aryl methyl sites for hydroxylation is 1. The molecule has 0 spiro atoms. The number of rotatable bonds is 6. The normalized spacial score (nSPS) is 14.6. The minimum Gasteiger partial charge on any atom is -0.353 e. The Hall–Kier alpha value is -1.58. The van der Waals surface area contributed by atoms with Crippen LogP contribution in [-0.2, 0) is 11.3 Å². The molecule has 4 nitrogen and oxygen atoms in total. The van der Waals surface area contributed by atoms with Crippen molar-refractivity contribution in [2.24, 2.45) is 0 Å². The largest absolute Gasteiger partial charge is 0.353 e. The topological polar surface area (TPSA) is 51.1 Å². The smallest absolute Gasteiger partial charge is 0.222 e. The average Bonchev–Trinajstić information content (AvgIpc) is 3.00. The van der Waals surface area contributed by atoms with Crippen LogP contribution in [0.25, 0.3) is 0 Å². The zero-order valence-corrected chi connectivity index (χ0v) is 10.1. The van der Waals surface area contributed by atoms with Gasteiger partial charge in [0.15, 0.2) is 5.78 Å². The van der Waals surface area contributed by atoms with E-state index in [1.54, 1.807) is 0 Å². The van der Waals surface area contributed by atoms with Crippen molar-refractivity contribution in [1.29, 1.82) is 0 Å². The number of nitrogens with zero attached hydrogens (tertiary/aromatic N) is 1. The summed E-state index contributed by atoms with van der Waals surface area (Å²) in [6, 6.07) is 2.23. The summed E-state index contributed by atoms with van der Waals surface area (Å²) in [4.78, 5) is 22.9. The van der Waals surface area contributed by atoms with Crippen LogP contribution in [0.4, 0.5) is 0 Å². The molecule has 0 bridgehead atoms. The average molecular weight is 234 g/mol. The van der Waals surface area contributed by atoms with Crippen molar-refractivity contribution in [3.8, 4) is 0 Å². The minimum atomic E-state index is 0.101. The van der Waals surface area contributed by atoms with Gasteiger partial charge in [-0.2, -0.15) is 0 Å². The van der Waals surface area contributed by atoms with E-state index >= 15 is 0 Å². The van der Waals surface area contributed by atoms with E-state index in [0.29, 0.717) is 25.4 Å². The molecule has 1 saturated carbocycles. The highest BCUT2D eigenvalue weighted by Gasteiger charge is 2.22. The molecule has 1 aliphatic rings. The molecule has 0 atom stereocenters. The van der Waals surface area contributed by atoms with E-state index < -0.39 is 0 Å². The Morgan fingerprint density at radius 3 is 2.88 bits per heavy atom. The fourth-order valence-corrected chi connectivity index (χ4v) is 1.71. The number of carbonyl (C=O) groups excluding carboxylic acids is 2. The second-order valence-electron chi connectivity index (χ2n) is 4.51. The molecule has 4 heteroatoms. The standard InChI is InChI=1S/C13H18N2O2/c1-2-12(16)10-5-7-15(9-10)8-6-13(17)14-11-3-4-11/h5,7,9,11H,2-4,6,8H2,1H3,(H,14,17). The van der Waals surface area contributed by atoms with Crippen LogP contribution < -0.4 is 5.32 Å². The SMILES string of the molecule is CCC(=O)c1ccn(CCC(=O)NC2CC2)c1. The van der Waals surface area contributed by atoms with Crippen LogP contribution in [0.3, 0.4) is 0 Å². The fourth-order valence-electron chi connectivity index (χ4n) is 1.71. The second-order valence-corrected chi connectivity index (χ2v) is 4.51. The third kappa shape index (κ3) is 3.44. The maximum atomic E-state index is 11.5. The predicted molar refractivity (Wildman–Crippen MR) is 64.8 cm³/mol. The van der Waals surface area contributed by atoms with E-state index in [4.69, 9.17) is 0 Å². The molecule has 2 rings (SSSR count). The van der Waals surface area contributed by atoms with Gasteiger partial charge >= 0.3 is 0 Å². The Bertz CT molecular complexity index is 419. The van der Waals surface area contributed by atoms with Gasteiger partial charge in [0.05, 0.1) is 0 Å². The van der Waals surface area contributed by atoms with E-state index in [2.05, 4.69) is 5.32 Å². The summed E-state index contributed by atoms with van der Waals surface area (Å²) in [6.07, 6.45) is 6.90. The van der Waals surface area contributed by atoms with Crippen LogP contribution in [-0.4, -0.2) is 22.3 Å². The first-order valence-corrected chi connectivity index (χ1v) is 6.17. The van der Waals surface area contributed by atoms with Crippen LogP contribution >= 0.6 is 0 Å². The van der Waals surface area contributed by atoms with Crippen molar-refractivity contribution >= 4 is 11.7 Å².